The summed E-state index contributed by atoms with van der Waals surface area (Å²) in [5.74, 6) is 0.841. The van der Waals surface area contributed by atoms with Gasteiger partial charge in [-0.2, -0.15) is 0 Å². The molecule has 0 aromatic carbocycles. The summed E-state index contributed by atoms with van der Waals surface area (Å²) in [7, 11) is 0. The molecule has 94 valence electrons. The average Bonchev–Trinajstić information content (AvgIpc) is 2.85. The molecule has 17 heavy (non-hydrogen) atoms. The number of nitrogens with zero attached hydrogens (tertiary/aromatic N) is 3. The molecule has 1 aromatic heterocycles. The highest BCUT2D eigenvalue weighted by Gasteiger charge is 2.23. The van der Waals surface area contributed by atoms with E-state index in [4.69, 9.17) is 5.73 Å². The maximum absolute atomic E-state index is 5.60. The molecule has 0 amide bonds. The molecule has 0 radical (unpaired) electrons. The second-order valence-corrected chi connectivity index (χ2v) is 5.39. The Morgan fingerprint density at radius 3 is 2.53 bits per heavy atom. The average molecular weight is 299 g/mol. The van der Waals surface area contributed by atoms with Gasteiger partial charge in [-0.1, -0.05) is 12.8 Å². The van der Waals surface area contributed by atoms with E-state index in [-0.39, 0.29) is 0 Å². The summed E-state index contributed by atoms with van der Waals surface area (Å²) in [6.45, 7) is 1.68. The minimum absolute atomic E-state index is 0.600. The topological polar surface area (TPSA) is 55.0 Å². The van der Waals surface area contributed by atoms with Crippen LogP contribution in [0.4, 0.5) is 5.95 Å². The zero-order valence-corrected chi connectivity index (χ0v) is 11.6. The monoisotopic (exact) mass is 298 g/mol. The molecule has 1 fully saturated rings. The van der Waals surface area contributed by atoms with Crippen LogP contribution in [0.2, 0.25) is 0 Å². The van der Waals surface area contributed by atoms with Crippen molar-refractivity contribution >= 4 is 21.9 Å². The quantitative estimate of drug-likeness (QED) is 0.906. The summed E-state index contributed by atoms with van der Waals surface area (Å²) in [5, 5.41) is 0. The summed E-state index contributed by atoms with van der Waals surface area (Å²) in [6, 6.07) is 0.600. The second kappa shape index (κ2) is 6.31. The third-order valence-electron chi connectivity index (χ3n) is 3.23. The highest BCUT2D eigenvalue weighted by atomic mass is 79.9. The Kier molecular flexibility index (Phi) is 4.74. The number of aromatic nitrogens is 2. The number of anilines is 1. The van der Waals surface area contributed by atoms with E-state index in [9.17, 15) is 0 Å². The molecule has 0 saturated heterocycles. The zero-order valence-electron chi connectivity index (χ0n) is 9.98. The number of halogens is 1. The fourth-order valence-electron chi connectivity index (χ4n) is 2.38. The molecule has 2 N–H and O–H groups in total. The first-order valence-electron chi connectivity index (χ1n) is 6.25. The summed E-state index contributed by atoms with van der Waals surface area (Å²) in [6.07, 6.45) is 9.77. The Bertz CT molecular complexity index is 335. The Balaban J connectivity index is 2.10. The summed E-state index contributed by atoms with van der Waals surface area (Å²) in [4.78, 5) is 11.1. The first kappa shape index (κ1) is 12.8. The maximum Gasteiger partial charge on any atom is 0.225 e. The molecule has 1 aromatic rings. The maximum atomic E-state index is 5.60. The molecule has 2 rings (SSSR count). The van der Waals surface area contributed by atoms with Crippen molar-refractivity contribution in [3.05, 3.63) is 16.9 Å². The summed E-state index contributed by atoms with van der Waals surface area (Å²) >= 11 is 3.37. The van der Waals surface area contributed by atoms with Gasteiger partial charge in [0.05, 0.1) is 4.47 Å². The van der Waals surface area contributed by atoms with Crippen LogP contribution in [0.5, 0.6) is 0 Å². The number of nitrogens with two attached hydrogens (primary N) is 1. The first-order chi connectivity index (χ1) is 8.31. The van der Waals surface area contributed by atoms with Crippen LogP contribution in [0.25, 0.3) is 0 Å². The van der Waals surface area contributed by atoms with Gasteiger partial charge in [0.15, 0.2) is 0 Å². The van der Waals surface area contributed by atoms with E-state index in [0.717, 1.165) is 29.9 Å². The van der Waals surface area contributed by atoms with Crippen molar-refractivity contribution in [1.29, 1.82) is 0 Å². The molecule has 1 heterocycles. The highest BCUT2D eigenvalue weighted by Crippen LogP contribution is 2.26. The van der Waals surface area contributed by atoms with E-state index < -0.39 is 0 Å². The Morgan fingerprint density at radius 2 is 1.94 bits per heavy atom. The van der Waals surface area contributed by atoms with E-state index in [1.54, 1.807) is 0 Å². The van der Waals surface area contributed by atoms with Gasteiger partial charge in [0, 0.05) is 25.0 Å². The van der Waals surface area contributed by atoms with E-state index in [1.165, 1.54) is 25.7 Å². The van der Waals surface area contributed by atoms with Crippen LogP contribution in [-0.2, 0) is 0 Å². The number of hydrogen-bond acceptors (Lipinski definition) is 4. The van der Waals surface area contributed by atoms with Crippen LogP contribution < -0.4 is 10.6 Å². The van der Waals surface area contributed by atoms with Gasteiger partial charge in [-0.15, -0.1) is 0 Å². The van der Waals surface area contributed by atoms with Crippen molar-refractivity contribution in [2.24, 2.45) is 5.73 Å². The fraction of sp³-hybridized carbons (Fsp3) is 0.667. The van der Waals surface area contributed by atoms with Gasteiger partial charge >= 0.3 is 0 Å². The largest absolute Gasteiger partial charge is 0.338 e. The van der Waals surface area contributed by atoms with E-state index in [0.29, 0.717) is 6.04 Å². The standard InChI is InChI=1S/C12H19BrN4/c13-10-8-15-12(16-9-10)17(7-3-6-14)11-4-1-2-5-11/h8-9,11H,1-7,14H2. The van der Waals surface area contributed by atoms with E-state index in [2.05, 4.69) is 30.8 Å². The molecule has 0 aliphatic heterocycles. The Hall–Kier alpha value is -0.680. The zero-order chi connectivity index (χ0) is 12.1. The van der Waals surface area contributed by atoms with Crippen molar-refractivity contribution < 1.29 is 0 Å². The minimum Gasteiger partial charge on any atom is -0.338 e. The molecule has 0 atom stereocenters. The van der Waals surface area contributed by atoms with Gasteiger partial charge in [-0.05, 0) is 41.7 Å². The third-order valence-corrected chi connectivity index (χ3v) is 3.64. The second-order valence-electron chi connectivity index (χ2n) is 4.48. The van der Waals surface area contributed by atoms with Crippen molar-refractivity contribution in [3.63, 3.8) is 0 Å². The molecule has 1 aliphatic rings. The summed E-state index contributed by atoms with van der Waals surface area (Å²) < 4.78 is 0.923. The van der Waals surface area contributed by atoms with Crippen LogP contribution in [0.15, 0.2) is 16.9 Å². The van der Waals surface area contributed by atoms with Crippen LogP contribution in [0, 0.1) is 0 Å². The number of hydrogen-bond donors (Lipinski definition) is 1. The molecule has 0 bridgehead atoms. The van der Waals surface area contributed by atoms with E-state index in [1.807, 2.05) is 12.4 Å². The lowest BCUT2D eigenvalue weighted by atomic mass is 10.2. The van der Waals surface area contributed by atoms with Crippen molar-refractivity contribution in [1.82, 2.24) is 9.97 Å². The Morgan fingerprint density at radius 1 is 1.29 bits per heavy atom. The lowest BCUT2D eigenvalue weighted by molar-refractivity contribution is 0.579. The number of rotatable bonds is 5. The van der Waals surface area contributed by atoms with Gasteiger partial charge in [0.25, 0.3) is 0 Å². The fourth-order valence-corrected chi connectivity index (χ4v) is 2.58. The smallest absolute Gasteiger partial charge is 0.225 e. The van der Waals surface area contributed by atoms with Gasteiger partial charge in [0.2, 0.25) is 5.95 Å². The Labute approximate surface area is 111 Å². The van der Waals surface area contributed by atoms with Crippen molar-refractivity contribution in [3.8, 4) is 0 Å². The molecule has 0 spiro atoms. The third kappa shape index (κ3) is 3.39. The highest BCUT2D eigenvalue weighted by molar-refractivity contribution is 9.10. The van der Waals surface area contributed by atoms with Gasteiger partial charge in [0.1, 0.15) is 0 Å². The van der Waals surface area contributed by atoms with Crippen LogP contribution in [0.3, 0.4) is 0 Å². The first-order valence-corrected chi connectivity index (χ1v) is 7.05. The predicted molar refractivity (Wildman–Crippen MR) is 73.0 cm³/mol. The van der Waals surface area contributed by atoms with Crippen molar-refractivity contribution in [2.75, 3.05) is 18.0 Å². The van der Waals surface area contributed by atoms with Gasteiger partial charge in [-0.25, -0.2) is 9.97 Å². The molecular formula is C12H19BrN4. The molecule has 4 nitrogen and oxygen atoms in total. The van der Waals surface area contributed by atoms with Crippen molar-refractivity contribution in [2.45, 2.75) is 38.1 Å². The minimum atomic E-state index is 0.600. The lowest BCUT2D eigenvalue weighted by Crippen LogP contribution is -2.36. The molecule has 1 saturated carbocycles. The molecule has 5 heteroatoms. The molecular weight excluding hydrogens is 280 g/mol. The molecule has 1 aliphatic carbocycles. The lowest BCUT2D eigenvalue weighted by Gasteiger charge is -2.28. The molecule has 0 unspecified atom stereocenters. The van der Waals surface area contributed by atoms with Crippen LogP contribution >= 0.6 is 15.9 Å². The normalized spacial score (nSPS) is 16.4. The van der Waals surface area contributed by atoms with Gasteiger partial charge in [-0.3, -0.25) is 0 Å². The van der Waals surface area contributed by atoms with Crippen LogP contribution in [0.1, 0.15) is 32.1 Å². The summed E-state index contributed by atoms with van der Waals surface area (Å²) in [5.41, 5.74) is 5.60. The van der Waals surface area contributed by atoms with Gasteiger partial charge < -0.3 is 10.6 Å². The SMILES string of the molecule is NCCCN(c1ncc(Br)cn1)C1CCCC1. The van der Waals surface area contributed by atoms with E-state index >= 15 is 0 Å². The predicted octanol–water partition coefficient (Wildman–Crippen LogP) is 2.34. The van der Waals surface area contributed by atoms with Crippen LogP contribution in [-0.4, -0.2) is 29.1 Å².